The monoisotopic (exact) mass is 374 g/mol. The zero-order valence-electron chi connectivity index (χ0n) is 13.0. The van der Waals surface area contributed by atoms with Gasteiger partial charge in [-0.3, -0.25) is 0 Å². The lowest BCUT2D eigenvalue weighted by molar-refractivity contribution is 0.554. The molecule has 1 atom stereocenters. The number of halogens is 1. The molecule has 0 bridgehead atoms. The van der Waals surface area contributed by atoms with Crippen molar-refractivity contribution in [2.45, 2.75) is 51.6 Å². The van der Waals surface area contributed by atoms with Crippen molar-refractivity contribution in [2.75, 3.05) is 6.54 Å². The Hall–Kier alpha value is -0.430. The standard InChI is InChI=1S/C15H23BrN2O2S/c1-5-17-9-11-6-12(16)10(2)13(7-11)21(19,20)18-14-8-15(14,3)4/h6-7,14,17-18H,5,8-9H2,1-4H3. The second-order valence-electron chi connectivity index (χ2n) is 6.35. The fraction of sp³-hybridized carbons (Fsp3) is 0.600. The molecule has 1 saturated carbocycles. The maximum absolute atomic E-state index is 12.6. The highest BCUT2D eigenvalue weighted by Gasteiger charge is 2.48. The molecule has 0 aromatic heterocycles. The molecule has 0 heterocycles. The molecule has 1 aromatic carbocycles. The van der Waals surface area contributed by atoms with Crippen LogP contribution in [0.5, 0.6) is 0 Å². The molecule has 6 heteroatoms. The van der Waals surface area contributed by atoms with Crippen LogP contribution in [0.3, 0.4) is 0 Å². The molecule has 118 valence electrons. The van der Waals surface area contributed by atoms with Crippen LogP contribution in [0.2, 0.25) is 0 Å². The van der Waals surface area contributed by atoms with Gasteiger partial charge in [-0.05, 0) is 48.6 Å². The van der Waals surface area contributed by atoms with Gasteiger partial charge in [0.05, 0.1) is 4.90 Å². The molecule has 1 fully saturated rings. The molecule has 0 spiro atoms. The zero-order chi connectivity index (χ0) is 15.8. The predicted molar refractivity (Wildman–Crippen MR) is 88.8 cm³/mol. The first-order valence-electron chi connectivity index (χ1n) is 7.19. The van der Waals surface area contributed by atoms with Gasteiger partial charge in [-0.15, -0.1) is 0 Å². The topological polar surface area (TPSA) is 58.2 Å². The summed E-state index contributed by atoms with van der Waals surface area (Å²) in [6.07, 6.45) is 0.892. The molecule has 1 aromatic rings. The van der Waals surface area contributed by atoms with Gasteiger partial charge in [-0.1, -0.05) is 36.7 Å². The van der Waals surface area contributed by atoms with Crippen LogP contribution in [-0.2, 0) is 16.6 Å². The SMILES string of the molecule is CCNCc1cc(Br)c(C)c(S(=O)(=O)NC2CC2(C)C)c1. The molecule has 0 amide bonds. The van der Waals surface area contributed by atoms with Gasteiger partial charge in [-0.2, -0.15) is 0 Å². The van der Waals surface area contributed by atoms with Crippen molar-refractivity contribution in [2.24, 2.45) is 5.41 Å². The molecule has 1 aliphatic rings. The molecule has 2 N–H and O–H groups in total. The highest BCUT2D eigenvalue weighted by molar-refractivity contribution is 9.10. The number of rotatable bonds is 6. The molecule has 0 aliphatic heterocycles. The summed E-state index contributed by atoms with van der Waals surface area (Å²) in [5.74, 6) is 0. The molecule has 4 nitrogen and oxygen atoms in total. The van der Waals surface area contributed by atoms with Crippen molar-refractivity contribution in [1.29, 1.82) is 0 Å². The van der Waals surface area contributed by atoms with E-state index >= 15 is 0 Å². The minimum absolute atomic E-state index is 0.0399. The van der Waals surface area contributed by atoms with Crippen LogP contribution in [0.1, 0.15) is 38.3 Å². The van der Waals surface area contributed by atoms with E-state index in [9.17, 15) is 8.42 Å². The van der Waals surface area contributed by atoms with Crippen molar-refractivity contribution in [3.63, 3.8) is 0 Å². The van der Waals surface area contributed by atoms with E-state index in [0.717, 1.165) is 28.6 Å². The van der Waals surface area contributed by atoms with E-state index in [-0.39, 0.29) is 11.5 Å². The lowest BCUT2D eigenvalue weighted by Gasteiger charge is -2.14. The van der Waals surface area contributed by atoms with E-state index in [1.165, 1.54) is 0 Å². The molecule has 21 heavy (non-hydrogen) atoms. The maximum Gasteiger partial charge on any atom is 0.241 e. The number of nitrogens with one attached hydrogen (secondary N) is 2. The fourth-order valence-electron chi connectivity index (χ4n) is 2.28. The summed E-state index contributed by atoms with van der Waals surface area (Å²) in [5.41, 5.74) is 1.78. The molecule has 2 rings (SSSR count). The molecule has 0 radical (unpaired) electrons. The van der Waals surface area contributed by atoms with Gasteiger partial charge < -0.3 is 5.32 Å². The minimum Gasteiger partial charge on any atom is -0.313 e. The number of sulfonamides is 1. The van der Waals surface area contributed by atoms with E-state index in [1.807, 2.05) is 19.9 Å². The molecule has 0 saturated heterocycles. The highest BCUT2D eigenvalue weighted by atomic mass is 79.9. The van der Waals surface area contributed by atoms with Crippen molar-refractivity contribution in [3.05, 3.63) is 27.7 Å². The zero-order valence-corrected chi connectivity index (χ0v) is 15.4. The van der Waals surface area contributed by atoms with E-state index < -0.39 is 10.0 Å². The summed E-state index contributed by atoms with van der Waals surface area (Å²) < 4.78 is 28.9. The first kappa shape index (κ1) is 16.9. The predicted octanol–water partition coefficient (Wildman–Crippen LogP) is 2.94. The summed E-state index contributed by atoms with van der Waals surface area (Å²) in [4.78, 5) is 0.368. The highest BCUT2D eigenvalue weighted by Crippen LogP contribution is 2.45. The van der Waals surface area contributed by atoms with Gasteiger partial charge in [0.2, 0.25) is 10.0 Å². The Morgan fingerprint density at radius 3 is 2.52 bits per heavy atom. The first-order chi connectivity index (χ1) is 9.67. The Morgan fingerprint density at radius 2 is 2.00 bits per heavy atom. The third-order valence-electron chi connectivity index (χ3n) is 4.04. The average Bonchev–Trinajstić information content (AvgIpc) is 2.96. The van der Waals surface area contributed by atoms with Gasteiger partial charge >= 0.3 is 0 Å². The van der Waals surface area contributed by atoms with Crippen molar-refractivity contribution < 1.29 is 8.42 Å². The smallest absolute Gasteiger partial charge is 0.241 e. The quantitative estimate of drug-likeness (QED) is 0.804. The Kier molecular flexibility index (Phi) is 4.83. The average molecular weight is 375 g/mol. The minimum atomic E-state index is -3.48. The Labute approximate surface area is 135 Å². The third-order valence-corrected chi connectivity index (χ3v) is 6.46. The van der Waals surface area contributed by atoms with Gasteiger partial charge in [0, 0.05) is 17.1 Å². The lowest BCUT2D eigenvalue weighted by atomic mass is 10.1. The van der Waals surface area contributed by atoms with Gasteiger partial charge in [0.25, 0.3) is 0 Å². The molecule has 1 aliphatic carbocycles. The van der Waals surface area contributed by atoms with Crippen LogP contribution >= 0.6 is 15.9 Å². The first-order valence-corrected chi connectivity index (χ1v) is 9.47. The molecular formula is C15H23BrN2O2S. The van der Waals surface area contributed by atoms with Crippen molar-refractivity contribution in [3.8, 4) is 0 Å². The summed E-state index contributed by atoms with van der Waals surface area (Å²) in [6.45, 7) is 9.51. The Balaban J connectivity index is 2.31. The van der Waals surface area contributed by atoms with Crippen LogP contribution < -0.4 is 10.0 Å². The molecule has 1 unspecified atom stereocenters. The van der Waals surface area contributed by atoms with Crippen LogP contribution in [-0.4, -0.2) is 21.0 Å². The number of hydrogen-bond acceptors (Lipinski definition) is 3. The van der Waals surface area contributed by atoms with Crippen molar-refractivity contribution >= 4 is 26.0 Å². The second-order valence-corrected chi connectivity index (χ2v) is 8.88. The largest absolute Gasteiger partial charge is 0.313 e. The van der Waals surface area contributed by atoms with Crippen molar-refractivity contribution in [1.82, 2.24) is 10.0 Å². The van der Waals surface area contributed by atoms with E-state index in [2.05, 4.69) is 39.8 Å². The normalized spacial score (nSPS) is 20.5. The maximum atomic E-state index is 12.6. The lowest BCUT2D eigenvalue weighted by Crippen LogP contribution is -2.29. The van der Waals surface area contributed by atoms with Gasteiger partial charge in [0.1, 0.15) is 0 Å². The van der Waals surface area contributed by atoms with Crippen LogP contribution in [0.4, 0.5) is 0 Å². The number of benzene rings is 1. The summed E-state index contributed by atoms with van der Waals surface area (Å²) in [6, 6.07) is 3.77. The van der Waals surface area contributed by atoms with Crippen LogP contribution in [0, 0.1) is 12.3 Å². The second kappa shape index (κ2) is 5.99. The fourth-order valence-corrected chi connectivity index (χ4v) is 4.64. The summed E-state index contributed by atoms with van der Waals surface area (Å²) in [7, 11) is -3.48. The summed E-state index contributed by atoms with van der Waals surface area (Å²) >= 11 is 3.47. The van der Waals surface area contributed by atoms with Gasteiger partial charge in [0.15, 0.2) is 0 Å². The van der Waals surface area contributed by atoms with Crippen LogP contribution in [0.15, 0.2) is 21.5 Å². The Morgan fingerprint density at radius 1 is 1.38 bits per heavy atom. The van der Waals surface area contributed by atoms with E-state index in [4.69, 9.17) is 0 Å². The van der Waals surface area contributed by atoms with Crippen LogP contribution in [0.25, 0.3) is 0 Å². The molecular weight excluding hydrogens is 352 g/mol. The van der Waals surface area contributed by atoms with Gasteiger partial charge in [-0.25, -0.2) is 13.1 Å². The van der Waals surface area contributed by atoms with E-state index in [0.29, 0.717) is 11.4 Å². The number of hydrogen-bond donors (Lipinski definition) is 2. The van der Waals surface area contributed by atoms with E-state index in [1.54, 1.807) is 6.07 Å². The Bertz CT molecular complexity index is 641. The third kappa shape index (κ3) is 3.86. The summed E-state index contributed by atoms with van der Waals surface area (Å²) in [5, 5.41) is 3.22.